The van der Waals surface area contributed by atoms with Crippen LogP contribution in [0.15, 0.2) is 182 Å². The minimum absolute atomic E-state index is 0.0281. The van der Waals surface area contributed by atoms with E-state index >= 15 is 0 Å². The molecule has 3 N–H and O–H groups in total. The van der Waals surface area contributed by atoms with Crippen molar-refractivity contribution in [1.29, 1.82) is 0 Å². The number of hydrogen-bond donors (Lipinski definition) is 3. The van der Waals surface area contributed by atoms with Gasteiger partial charge in [-0.2, -0.15) is 0 Å². The monoisotopic (exact) mass is 894 g/mol. The van der Waals surface area contributed by atoms with E-state index in [1.54, 1.807) is 6.20 Å². The number of aliphatic hydroxyl groups is 1. The third-order valence-corrected chi connectivity index (χ3v) is 10.9. The van der Waals surface area contributed by atoms with Crippen LogP contribution < -0.4 is 19.5 Å². The van der Waals surface area contributed by atoms with Gasteiger partial charge in [-0.1, -0.05) is 91.0 Å². The molecule has 0 spiro atoms. The van der Waals surface area contributed by atoms with E-state index in [9.17, 15) is 19.5 Å². The van der Waals surface area contributed by atoms with Crippen LogP contribution in [0.5, 0.6) is 17.2 Å². The number of aromatic nitrogens is 3. The highest BCUT2D eigenvalue weighted by atomic mass is 16.5. The molecule has 0 saturated heterocycles. The predicted octanol–water partition coefficient (Wildman–Crippen LogP) is 9.78. The summed E-state index contributed by atoms with van der Waals surface area (Å²) in [5.41, 5.74) is 7.45. The second-order valence-electron chi connectivity index (χ2n) is 15.6. The maximum atomic E-state index is 12.1. The molecule has 0 bridgehead atoms. The Kier molecular flexibility index (Phi) is 14.9. The molecule has 12 heteroatoms. The smallest absolute Gasteiger partial charge is 0.302 e. The van der Waals surface area contributed by atoms with Gasteiger partial charge >= 0.3 is 5.97 Å². The number of aromatic amines is 1. The van der Waals surface area contributed by atoms with Crippen molar-refractivity contribution in [3.63, 3.8) is 0 Å². The normalized spacial score (nSPS) is 11.9. The summed E-state index contributed by atoms with van der Waals surface area (Å²) in [5.74, 6) is 1.32. The van der Waals surface area contributed by atoms with E-state index in [1.165, 1.54) is 23.9 Å². The second kappa shape index (κ2) is 22.0. The zero-order valence-electron chi connectivity index (χ0n) is 37.0. The topological polar surface area (TPSA) is 146 Å². The highest BCUT2D eigenvalue weighted by molar-refractivity contribution is 6.35. The van der Waals surface area contributed by atoms with Crippen LogP contribution in [-0.2, 0) is 52.0 Å². The fraction of sp³-hybridized carbons (Fsp3) is 0.145. The number of aliphatic hydroxyl groups excluding tert-OH is 1. The SMILES string of the molecule is CC(=O)OCCn1ccc2cc(OCc3ccccc3)ccc21.O=C1C=C(c2cn(CCO)c3ccc(OCc4ccccc4)cc23)C(=O)N1.c1ccc(COc2ccc3[nH]ccc3c2)cc1. The molecule has 0 saturated carbocycles. The summed E-state index contributed by atoms with van der Waals surface area (Å²) >= 11 is 0. The minimum atomic E-state index is -0.422. The molecule has 12 nitrogen and oxygen atoms in total. The van der Waals surface area contributed by atoms with Gasteiger partial charge in [-0.05, 0) is 83.4 Å². The van der Waals surface area contributed by atoms with Crippen molar-refractivity contribution in [1.82, 2.24) is 19.4 Å². The zero-order valence-corrected chi connectivity index (χ0v) is 37.0. The van der Waals surface area contributed by atoms with Crippen molar-refractivity contribution in [2.45, 2.75) is 39.8 Å². The summed E-state index contributed by atoms with van der Waals surface area (Å²) < 4.78 is 26.4. The molecule has 10 rings (SSSR count). The van der Waals surface area contributed by atoms with E-state index in [4.69, 9.17) is 18.9 Å². The van der Waals surface area contributed by atoms with Crippen LogP contribution in [0.3, 0.4) is 0 Å². The Morgan fingerprint density at radius 1 is 0.612 bits per heavy atom. The number of esters is 1. The van der Waals surface area contributed by atoms with Crippen molar-refractivity contribution < 1.29 is 38.4 Å². The Morgan fingerprint density at radius 2 is 1.18 bits per heavy atom. The van der Waals surface area contributed by atoms with Crippen LogP contribution in [-0.4, -0.2) is 50.2 Å². The standard InChI is InChI=1S/C21H18N2O4.C19H19NO3.C15H13NO/c24-9-8-23-12-18(17-11-20(25)22-21(17)26)16-10-15(6-7-19(16)23)27-13-14-4-2-1-3-5-14;1-15(21)22-12-11-20-10-9-17-13-18(7-8-19(17)20)23-14-16-5-3-2-4-6-16;1-2-4-12(5-3-1)11-17-14-6-7-15-13(10-14)8-9-16-15/h1-7,10-12,24H,8-9,13H2,(H,22,25,26);2-10,13H,11-12,14H2,1H3;1-10,16H,11H2. The number of nitrogens with zero attached hydrogens (tertiary/aromatic N) is 2. The van der Waals surface area contributed by atoms with Crippen molar-refractivity contribution in [2.24, 2.45) is 0 Å². The summed E-state index contributed by atoms with van der Waals surface area (Å²) in [4.78, 5) is 37.6. The van der Waals surface area contributed by atoms with Crippen molar-refractivity contribution in [3.05, 3.63) is 205 Å². The maximum absolute atomic E-state index is 12.1. The van der Waals surface area contributed by atoms with Gasteiger partial charge in [0, 0.05) is 76.4 Å². The number of ether oxygens (including phenoxy) is 4. The van der Waals surface area contributed by atoms with E-state index in [1.807, 2.05) is 156 Å². The maximum Gasteiger partial charge on any atom is 0.302 e. The molecule has 4 heterocycles. The molecular weight excluding hydrogens is 845 g/mol. The van der Waals surface area contributed by atoms with Gasteiger partial charge in [-0.25, -0.2) is 0 Å². The Bertz CT molecular complexity index is 3120. The van der Waals surface area contributed by atoms with Gasteiger partial charge in [-0.15, -0.1) is 0 Å². The number of amides is 2. The van der Waals surface area contributed by atoms with Crippen LogP contribution in [0.1, 0.15) is 29.2 Å². The molecule has 67 heavy (non-hydrogen) atoms. The highest BCUT2D eigenvalue weighted by Gasteiger charge is 2.25. The van der Waals surface area contributed by atoms with Crippen LogP contribution in [0.25, 0.3) is 38.3 Å². The number of H-pyrrole nitrogens is 1. The molecule has 0 atom stereocenters. The van der Waals surface area contributed by atoms with Gasteiger partial charge in [-0.3, -0.25) is 19.7 Å². The number of carbonyl (C=O) groups is 3. The molecule has 338 valence electrons. The fourth-order valence-electron chi connectivity index (χ4n) is 7.58. The lowest BCUT2D eigenvalue weighted by molar-refractivity contribution is -0.141. The minimum Gasteiger partial charge on any atom is -0.489 e. The van der Waals surface area contributed by atoms with Crippen LogP contribution in [0, 0.1) is 0 Å². The third kappa shape index (κ3) is 12.1. The van der Waals surface area contributed by atoms with E-state index < -0.39 is 11.8 Å². The van der Waals surface area contributed by atoms with Gasteiger partial charge < -0.3 is 38.2 Å². The molecule has 9 aromatic rings. The van der Waals surface area contributed by atoms with Crippen molar-refractivity contribution >= 4 is 56.1 Å². The second-order valence-corrected chi connectivity index (χ2v) is 15.6. The van der Waals surface area contributed by atoms with Crippen LogP contribution in [0.4, 0.5) is 0 Å². The van der Waals surface area contributed by atoms with Crippen LogP contribution >= 0.6 is 0 Å². The average Bonchev–Trinajstić information content (AvgIpc) is 4.16. The molecule has 0 unspecified atom stereocenters. The number of nitrogens with one attached hydrogen (secondary N) is 2. The van der Waals surface area contributed by atoms with Gasteiger partial charge in [0.2, 0.25) is 0 Å². The average molecular weight is 895 g/mol. The van der Waals surface area contributed by atoms with Crippen molar-refractivity contribution in [3.8, 4) is 17.2 Å². The molecule has 3 aromatic heterocycles. The third-order valence-electron chi connectivity index (χ3n) is 10.9. The Hall–Kier alpha value is -8.35. The van der Waals surface area contributed by atoms with Gasteiger partial charge in [0.15, 0.2) is 0 Å². The molecule has 0 aliphatic carbocycles. The lowest BCUT2D eigenvalue weighted by atomic mass is 10.1. The summed E-state index contributed by atoms with van der Waals surface area (Å²) in [7, 11) is 0. The predicted molar refractivity (Wildman–Crippen MR) is 259 cm³/mol. The molecule has 2 amide bonds. The van der Waals surface area contributed by atoms with Gasteiger partial charge in [0.25, 0.3) is 11.8 Å². The van der Waals surface area contributed by atoms with Crippen LogP contribution in [0.2, 0.25) is 0 Å². The summed E-state index contributed by atoms with van der Waals surface area (Å²) in [6, 6.07) is 51.9. The number of carbonyl (C=O) groups excluding carboxylic acids is 3. The Labute approximate surface area is 387 Å². The van der Waals surface area contributed by atoms with Crippen molar-refractivity contribution in [2.75, 3.05) is 13.2 Å². The Balaban J connectivity index is 0.000000140. The largest absolute Gasteiger partial charge is 0.489 e. The van der Waals surface area contributed by atoms with E-state index in [-0.39, 0.29) is 12.6 Å². The molecule has 0 radical (unpaired) electrons. The molecule has 0 fully saturated rings. The van der Waals surface area contributed by atoms with Gasteiger partial charge in [0.1, 0.15) is 43.7 Å². The lowest BCUT2D eigenvalue weighted by Gasteiger charge is -2.08. The number of fused-ring (bicyclic) bond motifs is 3. The molecule has 1 aliphatic heterocycles. The fourth-order valence-corrected chi connectivity index (χ4v) is 7.58. The number of hydrogen-bond acceptors (Lipinski definition) is 8. The number of rotatable bonds is 15. The molecule has 6 aromatic carbocycles. The molecular formula is C55H50N4O8. The van der Waals surface area contributed by atoms with Gasteiger partial charge in [0.05, 0.1) is 18.7 Å². The first kappa shape index (κ1) is 45.2. The first-order valence-corrected chi connectivity index (χ1v) is 21.9. The number of benzene rings is 6. The number of imide groups is 1. The first-order chi connectivity index (χ1) is 32.8. The summed E-state index contributed by atoms with van der Waals surface area (Å²) in [5, 5.41) is 14.7. The zero-order chi connectivity index (χ0) is 46.4. The molecule has 1 aliphatic rings. The quantitative estimate of drug-likeness (QED) is 0.0682. The van der Waals surface area contributed by atoms with E-state index in [2.05, 4.69) is 33.1 Å². The first-order valence-electron chi connectivity index (χ1n) is 21.9. The Morgan fingerprint density at radius 3 is 1.75 bits per heavy atom. The lowest BCUT2D eigenvalue weighted by Crippen LogP contribution is -2.21. The summed E-state index contributed by atoms with van der Waals surface area (Å²) in [6.45, 7) is 4.41. The summed E-state index contributed by atoms with van der Waals surface area (Å²) in [6.07, 6.45) is 7.02. The van der Waals surface area contributed by atoms with E-state index in [0.717, 1.165) is 49.9 Å². The van der Waals surface area contributed by atoms with E-state index in [0.29, 0.717) is 56.4 Å². The highest BCUT2D eigenvalue weighted by Crippen LogP contribution is 2.32.